The first kappa shape index (κ1) is 15.4. The van der Waals surface area contributed by atoms with E-state index < -0.39 is 0 Å². The van der Waals surface area contributed by atoms with Gasteiger partial charge < -0.3 is 15.0 Å². The molecule has 24 heavy (non-hydrogen) atoms. The molecular weight excluding hydrogens is 368 g/mol. The number of hydrogen-bond donors (Lipinski definition) is 1. The first-order valence-corrected chi connectivity index (χ1v) is 8.69. The van der Waals surface area contributed by atoms with Gasteiger partial charge in [0.25, 0.3) is 0 Å². The van der Waals surface area contributed by atoms with Gasteiger partial charge in [0.2, 0.25) is 5.95 Å². The Balaban J connectivity index is 1.51. The molecule has 0 unspecified atom stereocenters. The summed E-state index contributed by atoms with van der Waals surface area (Å²) in [4.78, 5) is 11.3. The van der Waals surface area contributed by atoms with E-state index in [0.29, 0.717) is 5.95 Å². The van der Waals surface area contributed by atoms with Crippen LogP contribution in [0.3, 0.4) is 0 Å². The van der Waals surface area contributed by atoms with E-state index >= 15 is 0 Å². The van der Waals surface area contributed by atoms with Crippen LogP contribution in [-0.2, 0) is 4.74 Å². The molecule has 1 N–H and O–H groups in total. The highest BCUT2D eigenvalue weighted by atomic mass is 79.9. The van der Waals surface area contributed by atoms with Gasteiger partial charge in [-0.05, 0) is 42.5 Å². The molecule has 4 rings (SSSR count). The second-order valence-electron chi connectivity index (χ2n) is 5.67. The molecule has 1 aromatic heterocycles. The van der Waals surface area contributed by atoms with Crippen LogP contribution in [0.1, 0.15) is 0 Å². The van der Waals surface area contributed by atoms with Crippen LogP contribution >= 0.6 is 15.9 Å². The van der Waals surface area contributed by atoms with E-state index in [1.54, 1.807) is 0 Å². The van der Waals surface area contributed by atoms with Gasteiger partial charge >= 0.3 is 0 Å². The number of morpholine rings is 1. The zero-order valence-corrected chi connectivity index (χ0v) is 14.7. The maximum Gasteiger partial charge on any atom is 0.227 e. The fourth-order valence-corrected chi connectivity index (χ4v) is 3.15. The van der Waals surface area contributed by atoms with Crippen LogP contribution in [0.5, 0.6) is 0 Å². The highest BCUT2D eigenvalue weighted by Crippen LogP contribution is 2.22. The van der Waals surface area contributed by atoms with Crippen molar-refractivity contribution < 1.29 is 4.74 Å². The number of hydrogen-bond acceptors (Lipinski definition) is 5. The second kappa shape index (κ2) is 6.75. The predicted molar refractivity (Wildman–Crippen MR) is 100.0 cm³/mol. The quantitative estimate of drug-likeness (QED) is 0.740. The lowest BCUT2D eigenvalue weighted by Gasteiger charge is -2.28. The third-order valence-corrected chi connectivity index (χ3v) is 4.53. The number of fused-ring (bicyclic) bond motifs is 1. The topological polar surface area (TPSA) is 50.3 Å². The van der Waals surface area contributed by atoms with E-state index in [4.69, 9.17) is 4.74 Å². The fraction of sp³-hybridized carbons (Fsp3) is 0.222. The van der Waals surface area contributed by atoms with Gasteiger partial charge in [-0.15, -0.1) is 0 Å². The number of aromatic nitrogens is 2. The monoisotopic (exact) mass is 384 g/mol. The zero-order valence-electron chi connectivity index (χ0n) is 13.1. The molecule has 0 amide bonds. The average Bonchev–Trinajstić information content (AvgIpc) is 2.63. The summed E-state index contributed by atoms with van der Waals surface area (Å²) in [5.41, 5.74) is 3.11. The lowest BCUT2D eigenvalue weighted by molar-refractivity contribution is 0.122. The highest BCUT2D eigenvalue weighted by Gasteiger charge is 2.10. The Kier molecular flexibility index (Phi) is 4.32. The van der Waals surface area contributed by atoms with Crippen LogP contribution in [0, 0.1) is 0 Å². The van der Waals surface area contributed by atoms with Gasteiger partial charge in [-0.2, -0.15) is 0 Å². The first-order chi connectivity index (χ1) is 11.8. The minimum Gasteiger partial charge on any atom is -0.378 e. The molecule has 3 aromatic rings. The number of nitrogens with zero attached hydrogens (tertiary/aromatic N) is 3. The summed E-state index contributed by atoms with van der Waals surface area (Å²) in [5, 5.41) is 4.28. The van der Waals surface area contributed by atoms with Crippen LogP contribution in [-0.4, -0.2) is 36.3 Å². The summed E-state index contributed by atoms with van der Waals surface area (Å²) >= 11 is 3.46. The van der Waals surface area contributed by atoms with E-state index in [2.05, 4.69) is 60.4 Å². The number of halogens is 1. The van der Waals surface area contributed by atoms with Crippen LogP contribution in [0.4, 0.5) is 17.3 Å². The minimum absolute atomic E-state index is 0.601. The van der Waals surface area contributed by atoms with Gasteiger partial charge in [0.05, 0.1) is 18.7 Å². The van der Waals surface area contributed by atoms with E-state index in [0.717, 1.165) is 47.4 Å². The zero-order chi connectivity index (χ0) is 16.4. The molecule has 5 nitrogen and oxygen atoms in total. The standard InChI is InChI=1S/C18H17BrN4O/c19-14-1-6-17-13(11-14)12-20-18(22-17)21-15-2-4-16(5-3-15)23-7-9-24-10-8-23/h1-6,11-12H,7-10H2,(H,20,21,22). The lowest BCUT2D eigenvalue weighted by atomic mass is 10.2. The van der Waals surface area contributed by atoms with E-state index in [-0.39, 0.29) is 0 Å². The van der Waals surface area contributed by atoms with Crippen molar-refractivity contribution in [3.63, 3.8) is 0 Å². The summed E-state index contributed by atoms with van der Waals surface area (Å²) < 4.78 is 6.42. The van der Waals surface area contributed by atoms with Crippen LogP contribution in [0.2, 0.25) is 0 Å². The number of anilines is 3. The van der Waals surface area contributed by atoms with Gasteiger partial charge in [-0.1, -0.05) is 15.9 Å². The van der Waals surface area contributed by atoms with Gasteiger partial charge in [0.15, 0.2) is 0 Å². The maximum atomic E-state index is 5.39. The summed E-state index contributed by atoms with van der Waals surface area (Å²) in [5.74, 6) is 0.601. The molecular formula is C18H17BrN4O. The van der Waals surface area contributed by atoms with Crippen molar-refractivity contribution in [3.05, 3.63) is 53.1 Å². The summed E-state index contributed by atoms with van der Waals surface area (Å²) in [7, 11) is 0. The second-order valence-corrected chi connectivity index (χ2v) is 6.58. The molecule has 1 fully saturated rings. The number of benzene rings is 2. The largest absolute Gasteiger partial charge is 0.378 e. The van der Waals surface area contributed by atoms with Crippen molar-refractivity contribution in [1.82, 2.24) is 9.97 Å². The number of rotatable bonds is 3. The molecule has 0 bridgehead atoms. The van der Waals surface area contributed by atoms with Gasteiger partial charge in [0, 0.05) is 40.5 Å². The normalized spacial score (nSPS) is 14.8. The van der Waals surface area contributed by atoms with Gasteiger partial charge in [-0.25, -0.2) is 9.97 Å². The highest BCUT2D eigenvalue weighted by molar-refractivity contribution is 9.10. The van der Waals surface area contributed by atoms with E-state index in [9.17, 15) is 0 Å². The molecule has 2 heterocycles. The van der Waals surface area contributed by atoms with Crippen molar-refractivity contribution in [2.24, 2.45) is 0 Å². The van der Waals surface area contributed by atoms with Crippen LogP contribution in [0.25, 0.3) is 10.9 Å². The van der Waals surface area contributed by atoms with E-state index in [1.165, 1.54) is 5.69 Å². The number of ether oxygens (including phenoxy) is 1. The molecule has 0 saturated carbocycles. The minimum atomic E-state index is 0.601. The molecule has 1 aliphatic rings. The predicted octanol–water partition coefficient (Wildman–Crippen LogP) is 3.97. The third kappa shape index (κ3) is 3.34. The van der Waals surface area contributed by atoms with Crippen molar-refractivity contribution >= 4 is 44.2 Å². The van der Waals surface area contributed by atoms with Gasteiger partial charge in [0.1, 0.15) is 0 Å². The Hall–Kier alpha value is -2.18. The Labute approximate surface area is 148 Å². The molecule has 122 valence electrons. The Morgan fingerprint density at radius 3 is 2.62 bits per heavy atom. The van der Waals surface area contributed by atoms with Crippen LogP contribution < -0.4 is 10.2 Å². The van der Waals surface area contributed by atoms with Crippen molar-refractivity contribution in [2.75, 3.05) is 36.5 Å². The van der Waals surface area contributed by atoms with Crippen molar-refractivity contribution in [2.45, 2.75) is 0 Å². The summed E-state index contributed by atoms with van der Waals surface area (Å²) in [6.45, 7) is 3.47. The Morgan fingerprint density at radius 1 is 1.04 bits per heavy atom. The maximum absolute atomic E-state index is 5.39. The average molecular weight is 385 g/mol. The Bertz CT molecular complexity index is 847. The molecule has 1 saturated heterocycles. The first-order valence-electron chi connectivity index (χ1n) is 7.90. The molecule has 2 aromatic carbocycles. The summed E-state index contributed by atoms with van der Waals surface area (Å²) in [6.07, 6.45) is 1.83. The molecule has 0 aliphatic carbocycles. The summed E-state index contributed by atoms with van der Waals surface area (Å²) in [6, 6.07) is 14.3. The molecule has 1 aliphatic heterocycles. The molecule has 0 spiro atoms. The van der Waals surface area contributed by atoms with Crippen molar-refractivity contribution in [3.8, 4) is 0 Å². The van der Waals surface area contributed by atoms with Gasteiger partial charge in [-0.3, -0.25) is 0 Å². The molecule has 6 heteroatoms. The van der Waals surface area contributed by atoms with Crippen LogP contribution in [0.15, 0.2) is 53.1 Å². The van der Waals surface area contributed by atoms with E-state index in [1.807, 2.05) is 24.4 Å². The lowest BCUT2D eigenvalue weighted by Crippen LogP contribution is -2.36. The fourth-order valence-electron chi connectivity index (χ4n) is 2.77. The Morgan fingerprint density at radius 2 is 1.83 bits per heavy atom. The molecule has 0 atom stereocenters. The smallest absolute Gasteiger partial charge is 0.227 e. The SMILES string of the molecule is Brc1ccc2nc(Nc3ccc(N4CCOCC4)cc3)ncc2c1. The number of nitrogens with one attached hydrogen (secondary N) is 1. The third-order valence-electron chi connectivity index (χ3n) is 4.04. The molecule has 0 radical (unpaired) electrons. The van der Waals surface area contributed by atoms with Crippen molar-refractivity contribution in [1.29, 1.82) is 0 Å².